The maximum absolute atomic E-state index is 11.2. The molecule has 1 fully saturated rings. The Morgan fingerprint density at radius 3 is 2.65 bits per heavy atom. The highest BCUT2D eigenvalue weighted by atomic mass is 16.5. The maximum atomic E-state index is 11.2. The molecule has 1 aliphatic rings. The molecule has 0 heterocycles. The third-order valence-electron chi connectivity index (χ3n) is 3.04. The molecule has 0 unspecified atom stereocenters. The lowest BCUT2D eigenvalue weighted by Gasteiger charge is -2.34. The van der Waals surface area contributed by atoms with Crippen LogP contribution < -0.4 is 5.32 Å². The van der Waals surface area contributed by atoms with E-state index in [0.717, 1.165) is 25.9 Å². The van der Waals surface area contributed by atoms with Gasteiger partial charge < -0.3 is 15.2 Å². The van der Waals surface area contributed by atoms with Crippen LogP contribution in [0.1, 0.15) is 39.0 Å². The Balaban J connectivity index is 1.94. The molecule has 5 heteroatoms. The predicted octanol–water partition coefficient (Wildman–Crippen LogP) is 1.17. The number of ether oxygens (including phenoxy) is 1. The van der Waals surface area contributed by atoms with Gasteiger partial charge >= 0.3 is 5.97 Å². The van der Waals surface area contributed by atoms with Crippen molar-refractivity contribution in [3.05, 3.63) is 0 Å². The second-order valence-corrected chi connectivity index (χ2v) is 4.45. The van der Waals surface area contributed by atoms with Crippen molar-refractivity contribution in [1.29, 1.82) is 0 Å². The normalized spacial score (nSPS) is 22.9. The van der Waals surface area contributed by atoms with Crippen LogP contribution in [0.2, 0.25) is 0 Å². The molecule has 5 nitrogen and oxygen atoms in total. The van der Waals surface area contributed by atoms with Crippen LogP contribution in [0.4, 0.5) is 0 Å². The smallest absolute Gasteiger partial charge is 0.303 e. The topological polar surface area (TPSA) is 75.6 Å². The standard InChI is InChI=1S/C12H21NO4/c1-2-17-10-7-9(8-10)5-6-13-11(14)3-4-12(15)16/h9-10H,2-8H2,1H3,(H,13,14)(H,15,16). The van der Waals surface area contributed by atoms with Gasteiger partial charge in [0.25, 0.3) is 0 Å². The number of amides is 1. The molecule has 0 aromatic heterocycles. The van der Waals surface area contributed by atoms with Crippen LogP contribution in [0.3, 0.4) is 0 Å². The van der Waals surface area contributed by atoms with Crippen LogP contribution in [-0.4, -0.2) is 36.2 Å². The van der Waals surface area contributed by atoms with Crippen LogP contribution in [0.15, 0.2) is 0 Å². The molecule has 1 saturated carbocycles. The van der Waals surface area contributed by atoms with Crippen LogP contribution in [-0.2, 0) is 14.3 Å². The highest BCUT2D eigenvalue weighted by molar-refractivity contribution is 5.80. The highest BCUT2D eigenvalue weighted by Crippen LogP contribution is 2.32. The van der Waals surface area contributed by atoms with Gasteiger partial charge in [0.1, 0.15) is 0 Å². The zero-order valence-electron chi connectivity index (χ0n) is 10.3. The Bertz CT molecular complexity index is 261. The van der Waals surface area contributed by atoms with Gasteiger partial charge in [0.05, 0.1) is 12.5 Å². The molecule has 0 atom stereocenters. The summed E-state index contributed by atoms with van der Waals surface area (Å²) in [5.74, 6) is -0.460. The summed E-state index contributed by atoms with van der Waals surface area (Å²) in [6.07, 6.45) is 3.51. The number of carboxylic acid groups (broad SMARTS) is 1. The number of carbonyl (C=O) groups excluding carboxylic acids is 1. The molecule has 98 valence electrons. The van der Waals surface area contributed by atoms with E-state index < -0.39 is 5.97 Å². The lowest BCUT2D eigenvalue weighted by atomic mass is 9.80. The number of hydrogen-bond donors (Lipinski definition) is 2. The highest BCUT2D eigenvalue weighted by Gasteiger charge is 2.28. The van der Waals surface area contributed by atoms with E-state index in [2.05, 4.69) is 5.32 Å². The molecule has 0 bridgehead atoms. The van der Waals surface area contributed by atoms with Gasteiger partial charge in [-0.15, -0.1) is 0 Å². The van der Waals surface area contributed by atoms with E-state index in [0.29, 0.717) is 18.6 Å². The van der Waals surface area contributed by atoms with E-state index in [4.69, 9.17) is 9.84 Å². The molecule has 1 aliphatic carbocycles. The minimum atomic E-state index is -0.932. The van der Waals surface area contributed by atoms with Crippen molar-refractivity contribution in [2.75, 3.05) is 13.2 Å². The first-order valence-corrected chi connectivity index (χ1v) is 6.22. The lowest BCUT2D eigenvalue weighted by Crippen LogP contribution is -2.34. The van der Waals surface area contributed by atoms with E-state index in [9.17, 15) is 9.59 Å². The van der Waals surface area contributed by atoms with Crippen molar-refractivity contribution in [2.24, 2.45) is 5.92 Å². The summed E-state index contributed by atoms with van der Waals surface area (Å²) in [7, 11) is 0. The zero-order valence-corrected chi connectivity index (χ0v) is 10.3. The van der Waals surface area contributed by atoms with E-state index >= 15 is 0 Å². The predicted molar refractivity (Wildman–Crippen MR) is 62.6 cm³/mol. The van der Waals surface area contributed by atoms with Crippen LogP contribution in [0.5, 0.6) is 0 Å². The van der Waals surface area contributed by atoms with E-state index in [1.165, 1.54) is 0 Å². The summed E-state index contributed by atoms with van der Waals surface area (Å²) in [6.45, 7) is 3.40. The fourth-order valence-electron chi connectivity index (χ4n) is 2.01. The van der Waals surface area contributed by atoms with Crippen molar-refractivity contribution in [1.82, 2.24) is 5.32 Å². The molecule has 1 amide bonds. The molecule has 2 N–H and O–H groups in total. The number of carbonyl (C=O) groups is 2. The molecule has 0 aromatic carbocycles. The Morgan fingerprint density at radius 1 is 1.35 bits per heavy atom. The first-order chi connectivity index (χ1) is 8.11. The van der Waals surface area contributed by atoms with Gasteiger partial charge in [0.15, 0.2) is 0 Å². The third-order valence-corrected chi connectivity index (χ3v) is 3.04. The van der Waals surface area contributed by atoms with Crippen molar-refractivity contribution < 1.29 is 19.4 Å². The van der Waals surface area contributed by atoms with Gasteiger partial charge in [-0.1, -0.05) is 0 Å². The van der Waals surface area contributed by atoms with Gasteiger partial charge in [0.2, 0.25) is 5.91 Å². The number of carboxylic acids is 1. The van der Waals surface area contributed by atoms with E-state index in [1.54, 1.807) is 0 Å². The molecule has 0 aliphatic heterocycles. The quantitative estimate of drug-likeness (QED) is 0.671. The maximum Gasteiger partial charge on any atom is 0.303 e. The summed E-state index contributed by atoms with van der Waals surface area (Å²) in [5.41, 5.74) is 0. The Kier molecular flexibility index (Phi) is 5.97. The van der Waals surface area contributed by atoms with Crippen LogP contribution in [0.25, 0.3) is 0 Å². The van der Waals surface area contributed by atoms with Crippen molar-refractivity contribution in [3.63, 3.8) is 0 Å². The Labute approximate surface area is 102 Å². The lowest BCUT2D eigenvalue weighted by molar-refractivity contribution is -0.138. The molecular weight excluding hydrogens is 222 g/mol. The minimum absolute atomic E-state index is 0.0710. The Morgan fingerprint density at radius 2 is 2.06 bits per heavy atom. The number of rotatable bonds is 8. The van der Waals surface area contributed by atoms with Gasteiger partial charge in [-0.3, -0.25) is 9.59 Å². The Hall–Kier alpha value is -1.10. The van der Waals surface area contributed by atoms with Gasteiger partial charge in [-0.2, -0.15) is 0 Å². The minimum Gasteiger partial charge on any atom is -0.481 e. The summed E-state index contributed by atoms with van der Waals surface area (Å²) < 4.78 is 5.45. The molecule has 17 heavy (non-hydrogen) atoms. The molecule has 1 rings (SSSR count). The first kappa shape index (κ1) is 14.0. The van der Waals surface area contributed by atoms with Gasteiger partial charge in [0, 0.05) is 19.6 Å². The number of aliphatic carboxylic acids is 1. The molecule has 0 aromatic rings. The summed E-state index contributed by atoms with van der Waals surface area (Å²) in [4.78, 5) is 21.4. The van der Waals surface area contributed by atoms with Crippen LogP contribution in [0, 0.1) is 5.92 Å². The average molecular weight is 243 g/mol. The third kappa shape index (κ3) is 5.68. The summed E-state index contributed by atoms with van der Waals surface area (Å²) in [5, 5.41) is 11.1. The first-order valence-electron chi connectivity index (χ1n) is 6.22. The second kappa shape index (κ2) is 7.27. The monoisotopic (exact) mass is 243 g/mol. The molecule has 0 radical (unpaired) electrons. The van der Waals surface area contributed by atoms with Gasteiger partial charge in [-0.05, 0) is 32.1 Å². The average Bonchev–Trinajstić information content (AvgIpc) is 2.22. The van der Waals surface area contributed by atoms with Gasteiger partial charge in [-0.25, -0.2) is 0 Å². The molecule has 0 spiro atoms. The second-order valence-electron chi connectivity index (χ2n) is 4.45. The number of hydrogen-bond acceptors (Lipinski definition) is 3. The summed E-state index contributed by atoms with van der Waals surface area (Å²) >= 11 is 0. The summed E-state index contributed by atoms with van der Waals surface area (Å²) in [6, 6.07) is 0. The van der Waals surface area contributed by atoms with Crippen molar-refractivity contribution in [3.8, 4) is 0 Å². The zero-order chi connectivity index (χ0) is 12.7. The van der Waals surface area contributed by atoms with Crippen molar-refractivity contribution >= 4 is 11.9 Å². The van der Waals surface area contributed by atoms with Crippen LogP contribution >= 0.6 is 0 Å². The fraction of sp³-hybridized carbons (Fsp3) is 0.833. The molecule has 0 saturated heterocycles. The largest absolute Gasteiger partial charge is 0.481 e. The van der Waals surface area contributed by atoms with E-state index in [1.807, 2.05) is 6.92 Å². The van der Waals surface area contributed by atoms with Crippen molar-refractivity contribution in [2.45, 2.75) is 45.1 Å². The molecular formula is C12H21NO4. The SMILES string of the molecule is CCOC1CC(CCNC(=O)CCC(=O)O)C1. The fourth-order valence-corrected chi connectivity index (χ4v) is 2.01. The number of nitrogens with one attached hydrogen (secondary N) is 1. The van der Waals surface area contributed by atoms with E-state index in [-0.39, 0.29) is 18.7 Å².